The number of nitrogens with one attached hydrogen (secondary N) is 1. The van der Waals surface area contributed by atoms with Gasteiger partial charge in [-0.2, -0.15) is 0 Å². The molecule has 1 aromatic carbocycles. The van der Waals surface area contributed by atoms with Gasteiger partial charge in [-0.25, -0.2) is 13.4 Å². The van der Waals surface area contributed by atoms with Crippen LogP contribution in [0.1, 0.15) is 15.9 Å². The lowest BCUT2D eigenvalue weighted by Gasteiger charge is -2.32. The number of benzene rings is 1. The third kappa shape index (κ3) is 4.45. The number of nitrogens with zero attached hydrogens (tertiary/aromatic N) is 3. The molecule has 168 valence electrons. The molecule has 9 nitrogen and oxygen atoms in total. The molecule has 0 unspecified atom stereocenters. The third-order valence-corrected chi connectivity index (χ3v) is 6.39. The second kappa shape index (κ2) is 8.62. The van der Waals surface area contributed by atoms with Gasteiger partial charge in [-0.3, -0.25) is 9.59 Å². The molecule has 2 aromatic heterocycles. The van der Waals surface area contributed by atoms with Crippen LogP contribution < -0.4 is 20.5 Å². The van der Waals surface area contributed by atoms with Crippen molar-refractivity contribution < 1.29 is 17.9 Å². The van der Waals surface area contributed by atoms with Gasteiger partial charge in [0, 0.05) is 50.1 Å². The van der Waals surface area contributed by atoms with Gasteiger partial charge < -0.3 is 19.5 Å². The van der Waals surface area contributed by atoms with Gasteiger partial charge in [0.05, 0.1) is 24.1 Å². The summed E-state index contributed by atoms with van der Waals surface area (Å²) >= 11 is 0. The molecule has 0 atom stereocenters. The minimum atomic E-state index is -3.10. The first-order valence-corrected chi connectivity index (χ1v) is 12.2. The number of pyridine rings is 2. The molecule has 0 bridgehead atoms. The first-order valence-electron chi connectivity index (χ1n) is 10.1. The molecule has 1 amide bonds. The number of sulfone groups is 1. The highest BCUT2D eigenvalue weighted by Gasteiger charge is 2.23. The molecule has 0 radical (unpaired) electrons. The van der Waals surface area contributed by atoms with Gasteiger partial charge in [0.15, 0.2) is 0 Å². The Bertz CT molecular complexity index is 1330. The van der Waals surface area contributed by atoms with Gasteiger partial charge in [-0.1, -0.05) is 18.2 Å². The van der Waals surface area contributed by atoms with Gasteiger partial charge in [0.1, 0.15) is 15.4 Å². The van der Waals surface area contributed by atoms with Crippen LogP contribution in [0, 0.1) is 0 Å². The predicted octanol–water partition coefficient (Wildman–Crippen LogP) is 1.20. The van der Waals surface area contributed by atoms with Crippen LogP contribution in [0.15, 0.2) is 47.4 Å². The van der Waals surface area contributed by atoms with E-state index in [-0.39, 0.29) is 23.4 Å². The van der Waals surface area contributed by atoms with Crippen LogP contribution in [-0.2, 0) is 22.9 Å². The van der Waals surface area contributed by atoms with Crippen molar-refractivity contribution in [2.45, 2.75) is 13.1 Å². The Kier molecular flexibility index (Phi) is 5.88. The van der Waals surface area contributed by atoms with Crippen LogP contribution >= 0.6 is 0 Å². The second-order valence-electron chi connectivity index (χ2n) is 7.74. The zero-order valence-electron chi connectivity index (χ0n) is 17.9. The summed E-state index contributed by atoms with van der Waals surface area (Å²) in [5, 5.41) is 3.53. The fourth-order valence-electron chi connectivity index (χ4n) is 3.82. The lowest BCUT2D eigenvalue weighted by atomic mass is 10.1. The van der Waals surface area contributed by atoms with E-state index in [1.807, 2.05) is 23.1 Å². The Morgan fingerprint density at radius 2 is 2.03 bits per heavy atom. The van der Waals surface area contributed by atoms with Crippen LogP contribution in [0.3, 0.4) is 0 Å². The lowest BCUT2D eigenvalue weighted by molar-refractivity contribution is 0.0949. The summed E-state index contributed by atoms with van der Waals surface area (Å²) in [5.74, 6) is 0.0589. The normalized spacial score (nSPS) is 13.2. The molecule has 0 saturated carbocycles. The second-order valence-corrected chi connectivity index (χ2v) is 10.00. The van der Waals surface area contributed by atoms with Crippen molar-refractivity contribution in [2.75, 3.05) is 37.1 Å². The van der Waals surface area contributed by atoms with Gasteiger partial charge in [-0.05, 0) is 17.7 Å². The Labute approximate surface area is 185 Å². The first kappa shape index (κ1) is 21.8. The van der Waals surface area contributed by atoms with Crippen molar-refractivity contribution in [3.8, 4) is 5.88 Å². The fraction of sp³-hybridized carbons (Fsp3) is 0.318. The minimum absolute atomic E-state index is 0.0360. The number of anilines is 1. The zero-order valence-corrected chi connectivity index (χ0v) is 18.7. The zero-order chi connectivity index (χ0) is 22.9. The maximum Gasteiger partial charge on any atom is 0.264 e. The molecule has 0 aliphatic carbocycles. The van der Waals surface area contributed by atoms with E-state index in [0.717, 1.165) is 16.6 Å². The Balaban J connectivity index is 1.61. The number of methoxy groups -OCH3 is 1. The molecule has 32 heavy (non-hydrogen) atoms. The van der Waals surface area contributed by atoms with Crippen LogP contribution in [0.25, 0.3) is 10.9 Å². The van der Waals surface area contributed by atoms with Crippen molar-refractivity contribution in [2.24, 2.45) is 0 Å². The number of aromatic nitrogens is 2. The van der Waals surface area contributed by atoms with E-state index in [4.69, 9.17) is 4.74 Å². The van der Waals surface area contributed by atoms with Gasteiger partial charge in [-0.15, -0.1) is 0 Å². The molecule has 3 aromatic rings. The van der Waals surface area contributed by atoms with E-state index in [2.05, 4.69) is 10.3 Å². The topological polar surface area (TPSA) is 111 Å². The highest BCUT2D eigenvalue weighted by molar-refractivity contribution is 7.90. The first-order chi connectivity index (χ1) is 15.3. The number of rotatable bonds is 7. The molecule has 0 saturated heterocycles. The summed E-state index contributed by atoms with van der Waals surface area (Å²) in [4.78, 5) is 32.0. The smallest absolute Gasteiger partial charge is 0.264 e. The average molecular weight is 457 g/mol. The SMILES string of the molecule is COc1ccc(CNC(=O)c2cc3cccc4c3n(c2=O)CCN4CCS(C)(=O)=O)cn1. The van der Waals surface area contributed by atoms with Crippen molar-refractivity contribution in [1.82, 2.24) is 14.9 Å². The van der Waals surface area contributed by atoms with Gasteiger partial charge in [0.25, 0.3) is 11.5 Å². The number of carbonyl (C=O) groups excluding carboxylic acids is 1. The van der Waals surface area contributed by atoms with Crippen molar-refractivity contribution in [3.05, 3.63) is 64.1 Å². The lowest BCUT2D eigenvalue weighted by Crippen LogP contribution is -2.41. The molecular weight excluding hydrogens is 432 g/mol. The summed E-state index contributed by atoms with van der Waals surface area (Å²) in [6.45, 7) is 1.45. The summed E-state index contributed by atoms with van der Waals surface area (Å²) in [6.07, 6.45) is 2.82. The largest absolute Gasteiger partial charge is 0.481 e. The maximum absolute atomic E-state index is 13.1. The number of hydrogen-bond donors (Lipinski definition) is 1. The minimum Gasteiger partial charge on any atom is -0.481 e. The van der Waals surface area contributed by atoms with Crippen molar-refractivity contribution in [3.63, 3.8) is 0 Å². The van der Waals surface area contributed by atoms with E-state index < -0.39 is 15.7 Å². The highest BCUT2D eigenvalue weighted by Crippen LogP contribution is 2.29. The molecule has 0 spiro atoms. The predicted molar refractivity (Wildman–Crippen MR) is 122 cm³/mol. The van der Waals surface area contributed by atoms with Gasteiger partial charge in [0.2, 0.25) is 5.88 Å². The molecule has 10 heteroatoms. The molecule has 1 aliphatic heterocycles. The molecule has 0 fully saturated rings. The van der Waals surface area contributed by atoms with E-state index in [1.54, 1.807) is 29.0 Å². The monoisotopic (exact) mass is 456 g/mol. The summed E-state index contributed by atoms with van der Waals surface area (Å²) in [6, 6.07) is 10.7. The molecule has 1 aliphatic rings. The number of hydrogen-bond acceptors (Lipinski definition) is 7. The van der Waals surface area contributed by atoms with E-state index in [0.29, 0.717) is 31.0 Å². The van der Waals surface area contributed by atoms with Gasteiger partial charge >= 0.3 is 0 Å². The standard InChI is InChI=1S/C22H24N4O5S/c1-31-19-7-6-15(13-23-19)14-24-21(27)17-12-16-4-3-5-18-20(16)26(22(17)28)9-8-25(18)10-11-32(2,29)30/h3-7,12-13H,8-11,14H2,1-2H3,(H,24,27). The highest BCUT2D eigenvalue weighted by atomic mass is 32.2. The maximum atomic E-state index is 13.1. The molecule has 3 heterocycles. The quantitative estimate of drug-likeness (QED) is 0.569. The average Bonchev–Trinajstić information content (AvgIpc) is 2.78. The number of para-hydroxylation sites is 1. The van der Waals surface area contributed by atoms with Crippen LogP contribution in [0.4, 0.5) is 5.69 Å². The Hall–Kier alpha value is -3.40. The van der Waals surface area contributed by atoms with Crippen molar-refractivity contribution >= 4 is 32.3 Å². The fourth-order valence-corrected chi connectivity index (χ4v) is 4.37. The van der Waals surface area contributed by atoms with Crippen LogP contribution in [-0.4, -0.2) is 56.1 Å². The number of amides is 1. The number of carbonyl (C=O) groups is 1. The summed E-state index contributed by atoms with van der Waals surface area (Å²) in [5.41, 5.74) is 2.00. The van der Waals surface area contributed by atoms with E-state index in [1.165, 1.54) is 13.4 Å². The van der Waals surface area contributed by atoms with E-state index in [9.17, 15) is 18.0 Å². The summed E-state index contributed by atoms with van der Waals surface area (Å²) < 4.78 is 29.8. The van der Waals surface area contributed by atoms with Crippen molar-refractivity contribution in [1.29, 1.82) is 0 Å². The van der Waals surface area contributed by atoms with Crippen LogP contribution in [0.2, 0.25) is 0 Å². The molecule has 1 N–H and O–H groups in total. The third-order valence-electron chi connectivity index (χ3n) is 5.46. The van der Waals surface area contributed by atoms with E-state index >= 15 is 0 Å². The Morgan fingerprint density at radius 3 is 2.72 bits per heavy atom. The van der Waals surface area contributed by atoms with Crippen LogP contribution in [0.5, 0.6) is 5.88 Å². The number of ether oxygens (including phenoxy) is 1. The molecular formula is C22H24N4O5S. The Morgan fingerprint density at radius 1 is 1.22 bits per heavy atom. The summed E-state index contributed by atoms with van der Waals surface area (Å²) in [7, 11) is -1.58. The molecule has 4 rings (SSSR count).